The van der Waals surface area contributed by atoms with Gasteiger partial charge in [-0.15, -0.1) is 0 Å². The lowest BCUT2D eigenvalue weighted by molar-refractivity contribution is -0.145. The molecule has 4 saturated heterocycles. The number of oxazole rings is 1. The minimum atomic E-state index is -1.08. The van der Waals surface area contributed by atoms with Gasteiger partial charge in [0.2, 0.25) is 0 Å². The summed E-state index contributed by atoms with van der Waals surface area (Å²) in [6.07, 6.45) is 2.81. The molecule has 1 atom stereocenters. The van der Waals surface area contributed by atoms with Crippen LogP contribution < -0.4 is 11.1 Å². The van der Waals surface area contributed by atoms with Crippen molar-refractivity contribution in [1.82, 2.24) is 34.4 Å². The molecule has 8 rings (SSSR count). The standard InChI is InChI=1S/C44H60N8O9/c1-31-28-32(29-37-40(31)46-43(56)60-37)30-38(61-44(57)51-15-9-35(10-16-51)52-17-6-33-4-2-3-5-36(33)45-42(52)55)41(54)50-20-18-49(19-21-50)34-7-12-47(13-8-34)14-11-39(53)59-27-24-48-22-25-58-26-23-48/h2-5,28-29,34-35,38H,6-27,30H2,1H3,(H,45,55)(H,46,56)/t38-/m1/s1. The molecule has 0 saturated carbocycles. The molecule has 0 unspecified atom stereocenters. The van der Waals surface area contributed by atoms with E-state index >= 15 is 0 Å². The van der Waals surface area contributed by atoms with Gasteiger partial charge in [0.05, 0.1) is 25.2 Å². The third-order valence-electron chi connectivity index (χ3n) is 13.1. The first-order valence-electron chi connectivity index (χ1n) is 22.1. The number of morpholine rings is 1. The SMILES string of the molecule is Cc1cc(C[C@@H](OC(=O)N2CCC(N3CCc4ccccc4NC3=O)CC2)C(=O)N2CCN(C3CCN(CCC(=O)OCCN4CCOCC4)CC3)CC2)cc2oc(=O)[nH]c12. The fourth-order valence-electron chi connectivity index (χ4n) is 9.55. The highest BCUT2D eigenvalue weighted by molar-refractivity contribution is 5.91. The van der Waals surface area contributed by atoms with Crippen molar-refractivity contribution in [3.8, 4) is 0 Å². The van der Waals surface area contributed by atoms with E-state index in [2.05, 4.69) is 25.0 Å². The van der Waals surface area contributed by atoms with Crippen LogP contribution in [0.3, 0.4) is 0 Å². The Morgan fingerprint density at radius 3 is 2.31 bits per heavy atom. The number of piperidine rings is 2. The van der Waals surface area contributed by atoms with Crippen LogP contribution in [0.15, 0.2) is 45.6 Å². The van der Waals surface area contributed by atoms with Crippen LogP contribution in [0.5, 0.6) is 0 Å². The highest BCUT2D eigenvalue weighted by Crippen LogP contribution is 2.26. The molecular weight excluding hydrogens is 785 g/mol. The third-order valence-corrected chi connectivity index (χ3v) is 13.1. The zero-order valence-electron chi connectivity index (χ0n) is 35.3. The van der Waals surface area contributed by atoms with Crippen molar-refractivity contribution in [2.24, 2.45) is 0 Å². The van der Waals surface area contributed by atoms with E-state index in [-0.39, 0.29) is 30.4 Å². The van der Waals surface area contributed by atoms with Crippen LogP contribution >= 0.6 is 0 Å². The molecule has 1 aromatic heterocycles. The summed E-state index contributed by atoms with van der Waals surface area (Å²) in [5.41, 5.74) is 4.44. The van der Waals surface area contributed by atoms with Crippen molar-refractivity contribution in [1.29, 1.82) is 0 Å². The van der Waals surface area contributed by atoms with Gasteiger partial charge in [-0.25, -0.2) is 14.4 Å². The average molecular weight is 845 g/mol. The van der Waals surface area contributed by atoms with Gasteiger partial charge >= 0.3 is 23.8 Å². The zero-order valence-corrected chi connectivity index (χ0v) is 35.3. The number of fused-ring (bicyclic) bond motifs is 2. The Morgan fingerprint density at radius 1 is 0.820 bits per heavy atom. The number of likely N-dealkylation sites (tertiary alicyclic amines) is 2. The van der Waals surface area contributed by atoms with E-state index in [1.165, 1.54) is 0 Å². The van der Waals surface area contributed by atoms with E-state index in [1.807, 2.05) is 42.2 Å². The average Bonchev–Trinajstić information content (AvgIpc) is 3.58. The van der Waals surface area contributed by atoms with E-state index in [1.54, 1.807) is 15.9 Å². The summed E-state index contributed by atoms with van der Waals surface area (Å²) in [4.78, 5) is 80.8. The number of ether oxygens (including phenoxy) is 3. The molecule has 0 spiro atoms. The van der Waals surface area contributed by atoms with Gasteiger partial charge in [-0.2, -0.15) is 0 Å². The van der Waals surface area contributed by atoms with Crippen LogP contribution in [0.25, 0.3) is 11.1 Å². The second-order valence-electron chi connectivity index (χ2n) is 17.0. The molecule has 330 valence electrons. The van der Waals surface area contributed by atoms with E-state index in [0.29, 0.717) is 82.3 Å². The number of para-hydroxylation sites is 1. The van der Waals surface area contributed by atoms with Crippen LogP contribution in [0.4, 0.5) is 15.3 Å². The normalized spacial score (nSPS) is 20.9. The number of aromatic nitrogens is 1. The number of nitrogens with zero attached hydrogens (tertiary/aromatic N) is 6. The molecule has 4 fully saturated rings. The third kappa shape index (κ3) is 10.7. The number of esters is 1. The molecule has 6 heterocycles. The maximum absolute atomic E-state index is 14.3. The van der Waals surface area contributed by atoms with Crippen molar-refractivity contribution < 1.29 is 37.8 Å². The van der Waals surface area contributed by atoms with Crippen molar-refractivity contribution in [2.75, 3.05) is 110 Å². The second-order valence-corrected chi connectivity index (χ2v) is 17.0. The van der Waals surface area contributed by atoms with Gasteiger partial charge in [0, 0.05) is 96.2 Å². The van der Waals surface area contributed by atoms with Gasteiger partial charge in [-0.3, -0.25) is 24.4 Å². The number of anilines is 1. The molecule has 3 aromatic rings. The number of hydrogen-bond acceptors (Lipinski definition) is 12. The zero-order chi connectivity index (χ0) is 42.3. The van der Waals surface area contributed by atoms with Gasteiger partial charge in [-0.05, 0) is 80.9 Å². The molecule has 0 bridgehead atoms. The highest BCUT2D eigenvalue weighted by atomic mass is 16.6. The molecule has 17 nitrogen and oxygen atoms in total. The minimum absolute atomic E-state index is 0.0234. The fraction of sp³-hybridized carbons (Fsp3) is 0.614. The topological polar surface area (TPSA) is 173 Å². The van der Waals surface area contributed by atoms with E-state index in [4.69, 9.17) is 18.6 Å². The van der Waals surface area contributed by atoms with Gasteiger partial charge < -0.3 is 43.5 Å². The number of amides is 4. The number of benzene rings is 2. The number of carbonyl (C=O) groups excluding carboxylic acids is 4. The molecule has 2 N–H and O–H groups in total. The summed E-state index contributed by atoms with van der Waals surface area (Å²) in [6, 6.07) is 11.7. The largest absolute Gasteiger partial charge is 0.464 e. The molecule has 4 amide bonds. The summed E-state index contributed by atoms with van der Waals surface area (Å²) >= 11 is 0. The molecule has 0 radical (unpaired) electrons. The van der Waals surface area contributed by atoms with E-state index in [0.717, 1.165) is 101 Å². The Bertz CT molecular complexity index is 2060. The molecule has 5 aliphatic rings. The number of H-pyrrole nitrogens is 1. The van der Waals surface area contributed by atoms with Crippen LogP contribution in [-0.4, -0.2) is 181 Å². The van der Waals surface area contributed by atoms with Gasteiger partial charge in [0.25, 0.3) is 5.91 Å². The first-order chi connectivity index (χ1) is 29.7. The lowest BCUT2D eigenvalue weighted by atomic mass is 10.0. The van der Waals surface area contributed by atoms with Crippen molar-refractivity contribution >= 4 is 40.8 Å². The first kappa shape index (κ1) is 42.7. The van der Waals surface area contributed by atoms with Crippen molar-refractivity contribution in [2.45, 2.75) is 70.1 Å². The first-order valence-corrected chi connectivity index (χ1v) is 22.1. The van der Waals surface area contributed by atoms with Gasteiger partial charge in [0.1, 0.15) is 6.61 Å². The molecule has 0 aliphatic carbocycles. The smallest absolute Gasteiger partial charge is 0.417 e. The Balaban J connectivity index is 0.826. The maximum Gasteiger partial charge on any atom is 0.417 e. The number of urea groups is 1. The molecule has 5 aliphatic heterocycles. The number of rotatable bonds is 12. The number of aryl methyl sites for hydroxylation is 1. The quantitative estimate of drug-likeness (QED) is 0.256. The summed E-state index contributed by atoms with van der Waals surface area (Å²) in [7, 11) is 0. The number of nitrogens with one attached hydrogen (secondary N) is 2. The minimum Gasteiger partial charge on any atom is -0.464 e. The summed E-state index contributed by atoms with van der Waals surface area (Å²) in [5.74, 6) is -0.954. The molecule has 61 heavy (non-hydrogen) atoms. The lowest BCUT2D eigenvalue weighted by Gasteiger charge is -2.43. The van der Waals surface area contributed by atoms with Crippen molar-refractivity contribution in [3.63, 3.8) is 0 Å². The number of carbonyl (C=O) groups is 4. The molecular formula is C44H60N8O9. The predicted molar refractivity (Wildman–Crippen MR) is 226 cm³/mol. The fourth-order valence-corrected chi connectivity index (χ4v) is 9.55. The van der Waals surface area contributed by atoms with Crippen LogP contribution in [0, 0.1) is 6.92 Å². The van der Waals surface area contributed by atoms with E-state index in [9.17, 15) is 24.0 Å². The van der Waals surface area contributed by atoms with Gasteiger partial charge in [0.15, 0.2) is 11.7 Å². The summed E-state index contributed by atoms with van der Waals surface area (Å²) in [6.45, 7) is 12.6. The molecule has 2 aromatic carbocycles. The highest BCUT2D eigenvalue weighted by Gasteiger charge is 2.37. The van der Waals surface area contributed by atoms with E-state index < -0.39 is 18.0 Å². The Kier molecular flexibility index (Phi) is 13.9. The van der Waals surface area contributed by atoms with Crippen molar-refractivity contribution in [3.05, 3.63) is 63.6 Å². The van der Waals surface area contributed by atoms with Crippen LogP contribution in [0.2, 0.25) is 0 Å². The second kappa shape index (κ2) is 19.8. The maximum atomic E-state index is 14.3. The predicted octanol–water partition coefficient (Wildman–Crippen LogP) is 2.91. The Hall–Kier alpha value is -4.97. The summed E-state index contributed by atoms with van der Waals surface area (Å²) < 4.78 is 22.4. The Labute approximate surface area is 356 Å². The van der Waals surface area contributed by atoms with Gasteiger partial charge in [-0.1, -0.05) is 24.3 Å². The number of piperazine rings is 1. The van der Waals surface area contributed by atoms with Crippen LogP contribution in [0.1, 0.15) is 48.8 Å². The summed E-state index contributed by atoms with van der Waals surface area (Å²) in [5, 5.41) is 3.05. The number of hydrogen-bond donors (Lipinski definition) is 2. The number of aromatic amines is 1. The Morgan fingerprint density at radius 2 is 1.54 bits per heavy atom. The van der Waals surface area contributed by atoms with Crippen LogP contribution in [-0.2, 0) is 36.6 Å². The molecule has 17 heteroatoms. The lowest BCUT2D eigenvalue weighted by Crippen LogP contribution is -2.56. The monoisotopic (exact) mass is 844 g/mol.